The van der Waals surface area contributed by atoms with Crippen LogP contribution in [0.15, 0.2) is 0 Å². The van der Waals surface area contributed by atoms with Crippen LogP contribution in [0, 0.1) is 5.41 Å². The van der Waals surface area contributed by atoms with E-state index in [0.717, 1.165) is 0 Å². The van der Waals surface area contributed by atoms with Crippen molar-refractivity contribution in [3.8, 4) is 0 Å². The Morgan fingerprint density at radius 1 is 1.12 bits per heavy atom. The Morgan fingerprint density at radius 2 is 1.47 bits per heavy atom. The van der Waals surface area contributed by atoms with Crippen LogP contribution in [-0.4, -0.2) is 51.0 Å². The second kappa shape index (κ2) is 8.74. The van der Waals surface area contributed by atoms with Gasteiger partial charge < -0.3 is 20.4 Å². The molecule has 0 aliphatic heterocycles. The van der Waals surface area contributed by atoms with E-state index in [0.29, 0.717) is 6.42 Å². The molecule has 0 bridgehead atoms. The largest absolute Gasteiger partial charge is 0.481 e. The number of carboxylic acid groups (broad SMARTS) is 1. The fourth-order valence-corrected chi connectivity index (χ4v) is 0.991. The minimum Gasteiger partial charge on any atom is -0.481 e. The predicted molar refractivity (Wildman–Crippen MR) is 69.3 cm³/mol. The summed E-state index contributed by atoms with van der Waals surface area (Å²) in [6, 6.07) is 0. The van der Waals surface area contributed by atoms with E-state index < -0.39 is 11.4 Å². The smallest absolute Gasteiger partial charge is 0.304 e. The first-order chi connectivity index (χ1) is 7.66. The highest BCUT2D eigenvalue weighted by Crippen LogP contribution is 2.18. The van der Waals surface area contributed by atoms with Crippen molar-refractivity contribution in [3.05, 3.63) is 0 Å². The summed E-state index contributed by atoms with van der Waals surface area (Å²) < 4.78 is -0.383. The van der Waals surface area contributed by atoms with E-state index in [1.165, 1.54) is 0 Å². The molecule has 0 spiro atoms. The number of hydrogen-bond donors (Lipinski definition) is 5. The van der Waals surface area contributed by atoms with Gasteiger partial charge in [-0.15, -0.1) is 0 Å². The molecular weight excluding hydrogens is 244 g/mol. The molecule has 6 heteroatoms. The van der Waals surface area contributed by atoms with Crippen LogP contribution in [0.25, 0.3) is 0 Å². The summed E-state index contributed by atoms with van der Waals surface area (Å²) in [4.78, 5) is 9.97. The lowest BCUT2D eigenvalue weighted by Crippen LogP contribution is -2.32. The molecule has 0 heterocycles. The van der Waals surface area contributed by atoms with E-state index in [9.17, 15) is 4.79 Å². The molecule has 0 saturated heterocycles. The van der Waals surface area contributed by atoms with Crippen molar-refractivity contribution in [2.45, 2.75) is 38.4 Å². The summed E-state index contributed by atoms with van der Waals surface area (Å²) in [7, 11) is 0. The van der Waals surface area contributed by atoms with Gasteiger partial charge in [-0.2, -0.15) is 12.6 Å². The molecule has 0 aromatic heterocycles. The van der Waals surface area contributed by atoms with Crippen LogP contribution in [0.3, 0.4) is 0 Å². The van der Waals surface area contributed by atoms with Gasteiger partial charge >= 0.3 is 5.97 Å². The Labute approximate surface area is 108 Å². The van der Waals surface area contributed by atoms with Gasteiger partial charge in [0, 0.05) is 10.2 Å². The van der Waals surface area contributed by atoms with Gasteiger partial charge in [0.2, 0.25) is 0 Å². The van der Waals surface area contributed by atoms with Crippen LogP contribution >= 0.6 is 12.6 Å². The number of aliphatic hydroxyl groups excluding tert-OH is 3. The molecule has 4 N–H and O–H groups in total. The third-order valence-corrected chi connectivity index (χ3v) is 2.50. The van der Waals surface area contributed by atoms with E-state index in [4.69, 9.17) is 20.4 Å². The molecule has 0 aromatic carbocycles. The average molecular weight is 268 g/mol. The Balaban J connectivity index is 0. The Morgan fingerprint density at radius 3 is 1.47 bits per heavy atom. The fraction of sp³-hybridized carbons (Fsp3) is 0.909. The number of hydrogen-bond acceptors (Lipinski definition) is 5. The van der Waals surface area contributed by atoms with Crippen LogP contribution < -0.4 is 0 Å². The molecule has 0 rings (SSSR count). The second-order valence-corrected chi connectivity index (χ2v) is 5.92. The minimum absolute atomic E-state index is 0.107. The van der Waals surface area contributed by atoms with Gasteiger partial charge in [-0.3, -0.25) is 4.79 Å². The Hall–Kier alpha value is -0.300. The summed E-state index contributed by atoms with van der Waals surface area (Å²) in [6.45, 7) is 4.89. The first kappa shape index (κ1) is 19.0. The van der Waals surface area contributed by atoms with Crippen LogP contribution in [0.4, 0.5) is 0 Å². The van der Waals surface area contributed by atoms with E-state index in [2.05, 4.69) is 12.6 Å². The SMILES string of the molecule is CC(C)(S)CC(=O)O.CCC(CO)(CO)CO. The van der Waals surface area contributed by atoms with Crippen molar-refractivity contribution >= 4 is 18.6 Å². The van der Waals surface area contributed by atoms with E-state index in [1.807, 2.05) is 6.92 Å². The molecule has 0 aromatic rings. The zero-order chi connectivity index (χ0) is 14.1. The minimum atomic E-state index is -0.801. The maximum absolute atomic E-state index is 9.97. The zero-order valence-electron chi connectivity index (χ0n) is 10.7. The number of rotatable bonds is 6. The maximum Gasteiger partial charge on any atom is 0.304 e. The van der Waals surface area contributed by atoms with Crippen LogP contribution in [0.1, 0.15) is 33.6 Å². The van der Waals surface area contributed by atoms with Gasteiger partial charge in [-0.05, 0) is 6.42 Å². The molecule has 0 aliphatic carbocycles. The summed E-state index contributed by atoms with van der Waals surface area (Å²) in [5.74, 6) is -0.801. The second-order valence-electron chi connectivity index (χ2n) is 4.71. The normalized spacial score (nSPS) is 11.7. The number of aliphatic carboxylic acids is 1. The first-order valence-corrected chi connectivity index (χ1v) is 5.88. The molecule has 0 amide bonds. The van der Waals surface area contributed by atoms with Crippen molar-refractivity contribution in [1.29, 1.82) is 0 Å². The van der Waals surface area contributed by atoms with Gasteiger partial charge in [0.05, 0.1) is 26.2 Å². The van der Waals surface area contributed by atoms with Crippen LogP contribution in [0.5, 0.6) is 0 Å². The molecule has 0 unspecified atom stereocenters. The summed E-state index contributed by atoms with van der Waals surface area (Å²) in [6.07, 6.45) is 0.701. The van der Waals surface area contributed by atoms with Gasteiger partial charge in [0.1, 0.15) is 0 Å². The molecule has 104 valence electrons. The summed E-state index contributed by atoms with van der Waals surface area (Å²) in [5, 5.41) is 34.2. The van der Waals surface area contributed by atoms with Crippen LogP contribution in [-0.2, 0) is 4.79 Å². The van der Waals surface area contributed by atoms with Crippen molar-refractivity contribution in [1.82, 2.24) is 0 Å². The molecule has 0 fully saturated rings. The van der Waals surface area contributed by atoms with Crippen molar-refractivity contribution < 1.29 is 25.2 Å². The van der Waals surface area contributed by atoms with Gasteiger partial charge in [-0.25, -0.2) is 0 Å². The van der Waals surface area contributed by atoms with Crippen molar-refractivity contribution in [2.24, 2.45) is 5.41 Å². The summed E-state index contributed by atoms with van der Waals surface area (Å²) >= 11 is 4.01. The fourth-order valence-electron chi connectivity index (χ4n) is 0.855. The molecular formula is C11H24O5S. The Kier molecular flexibility index (Phi) is 9.80. The maximum atomic E-state index is 9.97. The topological polar surface area (TPSA) is 98.0 Å². The number of thiol groups is 1. The molecule has 5 nitrogen and oxygen atoms in total. The molecule has 17 heavy (non-hydrogen) atoms. The Bertz CT molecular complexity index is 191. The van der Waals surface area contributed by atoms with E-state index in [-0.39, 0.29) is 31.0 Å². The monoisotopic (exact) mass is 268 g/mol. The highest BCUT2D eigenvalue weighted by atomic mass is 32.1. The highest BCUT2D eigenvalue weighted by Gasteiger charge is 2.24. The number of carboxylic acids is 1. The number of carbonyl (C=O) groups is 1. The lowest BCUT2D eigenvalue weighted by molar-refractivity contribution is -0.137. The third-order valence-electron chi connectivity index (χ3n) is 2.34. The lowest BCUT2D eigenvalue weighted by atomic mass is 9.88. The van der Waals surface area contributed by atoms with Gasteiger partial charge in [0.25, 0.3) is 0 Å². The zero-order valence-corrected chi connectivity index (χ0v) is 11.6. The first-order valence-electron chi connectivity index (χ1n) is 5.43. The molecule has 0 saturated carbocycles. The average Bonchev–Trinajstić information content (AvgIpc) is 2.19. The molecule has 0 atom stereocenters. The quantitative estimate of drug-likeness (QED) is 0.453. The van der Waals surface area contributed by atoms with E-state index >= 15 is 0 Å². The van der Waals surface area contributed by atoms with Crippen molar-refractivity contribution in [2.75, 3.05) is 19.8 Å². The molecule has 0 radical (unpaired) electrons. The van der Waals surface area contributed by atoms with Gasteiger partial charge in [0.15, 0.2) is 0 Å². The predicted octanol–water partition coefficient (Wildman–Crippen LogP) is 0.529. The summed E-state index contributed by atoms with van der Waals surface area (Å²) in [5.41, 5.74) is -0.667. The number of aliphatic hydroxyl groups is 3. The molecule has 0 aliphatic rings. The highest BCUT2D eigenvalue weighted by molar-refractivity contribution is 7.81. The third kappa shape index (κ3) is 10.6. The van der Waals surface area contributed by atoms with Crippen molar-refractivity contribution in [3.63, 3.8) is 0 Å². The van der Waals surface area contributed by atoms with Crippen LogP contribution in [0.2, 0.25) is 0 Å². The standard InChI is InChI=1S/C6H14O3.C5H10O2S/c1-2-6(3-7,4-8)5-9;1-5(2,8)3-4(6)7/h7-9H,2-5H2,1H3;8H,3H2,1-2H3,(H,6,7). The lowest BCUT2D eigenvalue weighted by Gasteiger charge is -2.24. The van der Waals surface area contributed by atoms with E-state index in [1.54, 1.807) is 13.8 Å². The van der Waals surface area contributed by atoms with Gasteiger partial charge in [-0.1, -0.05) is 20.8 Å².